The van der Waals surface area contributed by atoms with Crippen molar-refractivity contribution in [2.75, 3.05) is 6.61 Å². The maximum absolute atomic E-state index is 10.3. The number of aliphatic carboxylic acids is 1. The van der Waals surface area contributed by atoms with E-state index in [0.29, 0.717) is 13.0 Å². The fraction of sp³-hybridized carbons (Fsp3) is 0.833. The fourth-order valence-corrected chi connectivity index (χ4v) is 2.71. The minimum atomic E-state index is -0.664. The maximum atomic E-state index is 10.3. The number of rotatable bonds is 18. The van der Waals surface area contributed by atoms with E-state index in [9.17, 15) is 9.59 Å². The van der Waals surface area contributed by atoms with Gasteiger partial charge >= 0.3 is 11.9 Å². The van der Waals surface area contributed by atoms with Gasteiger partial charge in [0.15, 0.2) is 0 Å². The molecular formula is C24H49NO4. The molecule has 0 amide bonds. The zero-order chi connectivity index (χ0) is 21.3. The highest BCUT2D eigenvalue weighted by atomic mass is 16.5. The number of unbranched alkanes of at least 4 members (excludes halogenated alkanes) is 12. The highest BCUT2D eigenvalue weighted by Gasteiger charge is 1.95. The Balaban J connectivity index is -0.000000636. The molecule has 4 N–H and O–H groups in total. The van der Waals surface area contributed by atoms with E-state index < -0.39 is 5.97 Å². The molecule has 0 bridgehead atoms. The first kappa shape index (κ1) is 32.3. The van der Waals surface area contributed by atoms with E-state index in [1.165, 1.54) is 77.6 Å². The molecule has 0 aromatic heterocycles. The van der Waals surface area contributed by atoms with Gasteiger partial charge in [0.05, 0.1) is 6.61 Å². The average molecular weight is 416 g/mol. The van der Waals surface area contributed by atoms with Gasteiger partial charge in [-0.05, 0) is 38.5 Å². The zero-order valence-electron chi connectivity index (χ0n) is 19.6. The van der Waals surface area contributed by atoms with E-state index in [2.05, 4.69) is 30.7 Å². The number of carbonyl (C=O) groups is 2. The van der Waals surface area contributed by atoms with E-state index >= 15 is 0 Å². The first-order valence-corrected chi connectivity index (χ1v) is 11.5. The van der Waals surface area contributed by atoms with E-state index in [0.717, 1.165) is 25.7 Å². The minimum absolute atomic E-state index is 0. The molecule has 5 nitrogen and oxygen atoms in total. The Morgan fingerprint density at radius 1 is 0.724 bits per heavy atom. The monoisotopic (exact) mass is 415 g/mol. The summed E-state index contributed by atoms with van der Waals surface area (Å²) >= 11 is 0. The van der Waals surface area contributed by atoms with E-state index in [1.807, 2.05) is 0 Å². The van der Waals surface area contributed by atoms with Gasteiger partial charge in [-0.3, -0.25) is 9.59 Å². The number of carboxylic acids is 1. The van der Waals surface area contributed by atoms with Crippen LogP contribution in [-0.2, 0) is 14.3 Å². The second-order valence-corrected chi connectivity index (χ2v) is 7.42. The van der Waals surface area contributed by atoms with Crippen molar-refractivity contribution in [3.63, 3.8) is 0 Å². The number of ether oxygens (including phenoxy) is 1. The highest BCUT2D eigenvalue weighted by molar-refractivity contribution is 5.66. The molecule has 29 heavy (non-hydrogen) atoms. The lowest BCUT2D eigenvalue weighted by Gasteiger charge is -1.99. The Labute approximate surface area is 180 Å². The van der Waals surface area contributed by atoms with Crippen molar-refractivity contribution in [2.24, 2.45) is 0 Å². The number of carboxylic acid groups (broad SMARTS) is 1. The summed E-state index contributed by atoms with van der Waals surface area (Å²) in [5.74, 6) is -0.846. The SMILES string of the molecule is CCCCCCCC/C=C\CCCCCCCC(=O)O.CCCCOC(C)=O.N. The molecule has 0 spiro atoms. The number of hydrogen-bond acceptors (Lipinski definition) is 4. The van der Waals surface area contributed by atoms with Gasteiger partial charge in [0.2, 0.25) is 0 Å². The predicted octanol–water partition coefficient (Wildman–Crippen LogP) is 7.62. The molecule has 0 aromatic carbocycles. The molecule has 0 radical (unpaired) electrons. The lowest BCUT2D eigenvalue weighted by Crippen LogP contribution is -1.99. The topological polar surface area (TPSA) is 98.6 Å². The molecule has 0 aliphatic rings. The summed E-state index contributed by atoms with van der Waals surface area (Å²) in [7, 11) is 0. The van der Waals surface area contributed by atoms with Crippen molar-refractivity contribution < 1.29 is 19.4 Å². The summed E-state index contributed by atoms with van der Waals surface area (Å²) in [6.45, 7) is 6.32. The molecular weight excluding hydrogens is 366 g/mol. The molecule has 0 saturated heterocycles. The molecule has 0 fully saturated rings. The van der Waals surface area contributed by atoms with Gasteiger partial charge in [-0.2, -0.15) is 0 Å². The van der Waals surface area contributed by atoms with E-state index in [4.69, 9.17) is 5.11 Å². The zero-order valence-corrected chi connectivity index (χ0v) is 19.6. The van der Waals surface area contributed by atoms with Gasteiger partial charge in [0.1, 0.15) is 0 Å². The van der Waals surface area contributed by atoms with Crippen molar-refractivity contribution in [1.29, 1.82) is 0 Å². The van der Waals surface area contributed by atoms with Crippen LogP contribution in [0.5, 0.6) is 0 Å². The molecule has 174 valence electrons. The summed E-state index contributed by atoms with van der Waals surface area (Å²) in [5, 5.41) is 8.51. The Morgan fingerprint density at radius 3 is 1.62 bits per heavy atom. The lowest BCUT2D eigenvalue weighted by molar-refractivity contribution is -0.141. The second kappa shape index (κ2) is 28.8. The Bertz CT molecular complexity index is 370. The Hall–Kier alpha value is -1.36. The number of carbonyl (C=O) groups excluding carboxylic acids is 1. The molecule has 0 saturated carbocycles. The van der Waals surface area contributed by atoms with Crippen LogP contribution in [0.2, 0.25) is 0 Å². The van der Waals surface area contributed by atoms with Gasteiger partial charge in [0.25, 0.3) is 0 Å². The van der Waals surface area contributed by atoms with Crippen LogP contribution in [0.15, 0.2) is 12.2 Å². The largest absolute Gasteiger partial charge is 0.481 e. The van der Waals surface area contributed by atoms with E-state index in [1.54, 1.807) is 0 Å². The van der Waals surface area contributed by atoms with Crippen molar-refractivity contribution >= 4 is 11.9 Å². The standard InChI is InChI=1S/C18H34O2.C6H12O2.H3N/c1-2-3-4-5-6-7-8-9-10-11-12-13-14-15-16-17-18(19)20;1-3-4-5-8-6(2)7;/h9-10H,2-8,11-17H2,1H3,(H,19,20);3-5H2,1-2H3;1H3/b10-9-;;. The molecule has 0 aliphatic carbocycles. The predicted molar refractivity (Wildman–Crippen MR) is 124 cm³/mol. The molecule has 0 aromatic rings. The molecule has 0 unspecified atom stereocenters. The Kier molecular flexibility index (Phi) is 32.1. The molecule has 0 heterocycles. The third-order valence-electron chi connectivity index (χ3n) is 4.46. The van der Waals surface area contributed by atoms with Crippen molar-refractivity contribution in [2.45, 2.75) is 124 Å². The number of allylic oxidation sites excluding steroid dienone is 2. The lowest BCUT2D eigenvalue weighted by atomic mass is 10.1. The number of hydrogen-bond donors (Lipinski definition) is 2. The van der Waals surface area contributed by atoms with Crippen LogP contribution in [0.4, 0.5) is 0 Å². The van der Waals surface area contributed by atoms with Crippen LogP contribution >= 0.6 is 0 Å². The van der Waals surface area contributed by atoms with Gasteiger partial charge < -0.3 is 16.0 Å². The normalized spacial score (nSPS) is 10.2. The third kappa shape index (κ3) is 38.0. The van der Waals surface area contributed by atoms with Crippen molar-refractivity contribution in [3.8, 4) is 0 Å². The summed E-state index contributed by atoms with van der Waals surface area (Å²) in [6, 6.07) is 0. The summed E-state index contributed by atoms with van der Waals surface area (Å²) in [6.07, 6.45) is 23.3. The van der Waals surface area contributed by atoms with Gasteiger partial charge in [-0.15, -0.1) is 0 Å². The van der Waals surface area contributed by atoms with Crippen molar-refractivity contribution in [1.82, 2.24) is 6.15 Å². The van der Waals surface area contributed by atoms with Crippen LogP contribution in [0.1, 0.15) is 124 Å². The molecule has 0 atom stereocenters. The summed E-state index contributed by atoms with van der Waals surface area (Å²) < 4.78 is 4.64. The van der Waals surface area contributed by atoms with Crippen LogP contribution < -0.4 is 6.15 Å². The van der Waals surface area contributed by atoms with Crippen LogP contribution in [-0.4, -0.2) is 23.7 Å². The fourth-order valence-electron chi connectivity index (χ4n) is 2.71. The first-order chi connectivity index (χ1) is 13.5. The third-order valence-corrected chi connectivity index (χ3v) is 4.46. The molecule has 0 aliphatic heterocycles. The summed E-state index contributed by atoms with van der Waals surface area (Å²) in [5.41, 5.74) is 0. The highest BCUT2D eigenvalue weighted by Crippen LogP contribution is 2.09. The average Bonchev–Trinajstić information content (AvgIpc) is 2.65. The van der Waals surface area contributed by atoms with Crippen LogP contribution in [0.3, 0.4) is 0 Å². The van der Waals surface area contributed by atoms with Gasteiger partial charge in [-0.1, -0.05) is 83.8 Å². The van der Waals surface area contributed by atoms with Crippen LogP contribution in [0, 0.1) is 0 Å². The second-order valence-electron chi connectivity index (χ2n) is 7.42. The Morgan fingerprint density at radius 2 is 1.17 bits per heavy atom. The number of esters is 1. The quantitative estimate of drug-likeness (QED) is 0.136. The van der Waals surface area contributed by atoms with Gasteiger partial charge in [-0.25, -0.2) is 0 Å². The van der Waals surface area contributed by atoms with E-state index in [-0.39, 0.29) is 12.1 Å². The maximum Gasteiger partial charge on any atom is 0.303 e. The smallest absolute Gasteiger partial charge is 0.303 e. The van der Waals surface area contributed by atoms with Crippen LogP contribution in [0.25, 0.3) is 0 Å². The first-order valence-electron chi connectivity index (χ1n) is 11.5. The molecule has 0 rings (SSSR count). The van der Waals surface area contributed by atoms with Gasteiger partial charge in [0, 0.05) is 13.3 Å². The minimum Gasteiger partial charge on any atom is -0.481 e. The summed E-state index contributed by atoms with van der Waals surface area (Å²) in [4.78, 5) is 20.4. The molecule has 5 heteroatoms. The van der Waals surface area contributed by atoms with Crippen molar-refractivity contribution in [3.05, 3.63) is 12.2 Å².